The zero-order valence-corrected chi connectivity index (χ0v) is 14.7. The number of rotatable bonds is 6. The van der Waals surface area contributed by atoms with E-state index >= 15 is 0 Å². The van der Waals surface area contributed by atoms with Crippen LogP contribution in [0.3, 0.4) is 0 Å². The molecular weight excluding hydrogens is 316 g/mol. The van der Waals surface area contributed by atoms with Gasteiger partial charge in [-0.1, -0.05) is 42.5 Å². The molecule has 0 aliphatic heterocycles. The fraction of sp³-hybridized carbons (Fsp3) is 0.333. The number of nitrogens with zero attached hydrogens (tertiary/aromatic N) is 5. The predicted molar refractivity (Wildman–Crippen MR) is 95.5 cm³/mol. The zero-order valence-electron chi connectivity index (χ0n) is 14.7. The maximum absolute atomic E-state index is 12.6. The Morgan fingerprint density at radius 1 is 1.24 bits per heavy atom. The Morgan fingerprint density at radius 3 is 2.64 bits per heavy atom. The Kier molecular flexibility index (Phi) is 4.92. The summed E-state index contributed by atoms with van der Waals surface area (Å²) in [5, 5.41) is 15.3. The third-order valence-electron chi connectivity index (χ3n) is 3.95. The number of benzene rings is 1. The molecule has 0 radical (unpaired) electrons. The van der Waals surface area contributed by atoms with Crippen LogP contribution in [0, 0.1) is 0 Å². The van der Waals surface area contributed by atoms with Crippen molar-refractivity contribution in [2.75, 3.05) is 5.32 Å². The molecule has 25 heavy (non-hydrogen) atoms. The van der Waals surface area contributed by atoms with Crippen molar-refractivity contribution in [3.05, 3.63) is 59.7 Å². The lowest BCUT2D eigenvalue weighted by Crippen LogP contribution is -2.15. The molecule has 0 atom stereocenters. The molecule has 2 heterocycles. The predicted octanol–water partition coefficient (Wildman–Crippen LogP) is 2.92. The Labute approximate surface area is 146 Å². The summed E-state index contributed by atoms with van der Waals surface area (Å²) in [5.41, 5.74) is 2.94. The largest absolute Gasteiger partial charge is 0.318 e. The molecule has 7 nitrogen and oxygen atoms in total. The third kappa shape index (κ3) is 3.76. The summed E-state index contributed by atoms with van der Waals surface area (Å²) in [6, 6.07) is 10.2. The van der Waals surface area contributed by atoms with E-state index in [0.717, 1.165) is 11.3 Å². The van der Waals surface area contributed by atoms with Gasteiger partial charge in [0, 0.05) is 12.2 Å². The maximum Gasteiger partial charge on any atom is 0.278 e. The zero-order chi connectivity index (χ0) is 17.8. The van der Waals surface area contributed by atoms with E-state index in [1.807, 2.05) is 57.3 Å². The van der Waals surface area contributed by atoms with Crippen molar-refractivity contribution in [3.8, 4) is 0 Å². The van der Waals surface area contributed by atoms with Gasteiger partial charge in [-0.15, -0.1) is 5.10 Å². The van der Waals surface area contributed by atoms with Crippen LogP contribution in [0.15, 0.2) is 42.7 Å². The summed E-state index contributed by atoms with van der Waals surface area (Å²) in [6.45, 7) is 6.65. The lowest BCUT2D eigenvalue weighted by molar-refractivity contribution is 0.102. The topological polar surface area (TPSA) is 77.6 Å². The third-order valence-corrected chi connectivity index (χ3v) is 3.95. The summed E-state index contributed by atoms with van der Waals surface area (Å²) in [6.07, 6.45) is 4.12. The molecule has 3 rings (SSSR count). The molecule has 1 aromatic carbocycles. The van der Waals surface area contributed by atoms with Gasteiger partial charge in [-0.05, 0) is 25.8 Å². The molecule has 0 aliphatic carbocycles. The van der Waals surface area contributed by atoms with Crippen LogP contribution in [0.2, 0.25) is 0 Å². The fourth-order valence-electron chi connectivity index (χ4n) is 2.62. The van der Waals surface area contributed by atoms with Gasteiger partial charge in [0.05, 0.1) is 24.1 Å². The van der Waals surface area contributed by atoms with E-state index in [4.69, 9.17) is 0 Å². The average molecular weight is 338 g/mol. The number of anilines is 1. The van der Waals surface area contributed by atoms with Gasteiger partial charge in [-0.2, -0.15) is 5.10 Å². The smallest absolute Gasteiger partial charge is 0.278 e. The van der Waals surface area contributed by atoms with Crippen LogP contribution >= 0.6 is 0 Å². The van der Waals surface area contributed by atoms with Gasteiger partial charge in [0.2, 0.25) is 0 Å². The van der Waals surface area contributed by atoms with E-state index in [-0.39, 0.29) is 11.9 Å². The molecule has 0 saturated carbocycles. The summed E-state index contributed by atoms with van der Waals surface area (Å²) < 4.78 is 3.57. The summed E-state index contributed by atoms with van der Waals surface area (Å²) in [4.78, 5) is 12.6. The minimum atomic E-state index is -0.264. The van der Waals surface area contributed by atoms with Crippen molar-refractivity contribution in [2.45, 2.75) is 39.8 Å². The normalized spacial score (nSPS) is 11.0. The number of amides is 1. The Balaban J connectivity index is 1.78. The number of hydrogen-bond donors (Lipinski definition) is 1. The lowest BCUT2D eigenvalue weighted by atomic mass is 10.2. The summed E-state index contributed by atoms with van der Waals surface area (Å²) in [5.74, 6) is -0.264. The summed E-state index contributed by atoms with van der Waals surface area (Å²) >= 11 is 0. The second-order valence-electron chi connectivity index (χ2n) is 6.14. The van der Waals surface area contributed by atoms with E-state index in [1.54, 1.807) is 15.6 Å². The Hall–Kier alpha value is -2.96. The quantitative estimate of drug-likeness (QED) is 0.749. The first-order valence-electron chi connectivity index (χ1n) is 8.40. The fourth-order valence-corrected chi connectivity index (χ4v) is 2.62. The molecule has 1 amide bonds. The van der Waals surface area contributed by atoms with Gasteiger partial charge in [-0.25, -0.2) is 4.68 Å². The van der Waals surface area contributed by atoms with Crippen LogP contribution in [-0.4, -0.2) is 30.7 Å². The van der Waals surface area contributed by atoms with Crippen LogP contribution in [-0.2, 0) is 13.0 Å². The van der Waals surface area contributed by atoms with Gasteiger partial charge in [-0.3, -0.25) is 9.48 Å². The van der Waals surface area contributed by atoms with Crippen molar-refractivity contribution in [1.29, 1.82) is 0 Å². The van der Waals surface area contributed by atoms with Gasteiger partial charge in [0.15, 0.2) is 5.69 Å². The number of carbonyl (C=O) groups excluding carboxylic acids is 1. The maximum atomic E-state index is 12.6. The van der Waals surface area contributed by atoms with E-state index in [2.05, 4.69) is 20.7 Å². The average Bonchev–Trinajstić information content (AvgIpc) is 3.22. The van der Waals surface area contributed by atoms with Gasteiger partial charge >= 0.3 is 0 Å². The number of nitrogens with one attached hydrogen (secondary N) is 1. The molecule has 1 N–H and O–H groups in total. The molecule has 0 spiro atoms. The molecule has 0 fully saturated rings. The monoisotopic (exact) mass is 338 g/mol. The highest BCUT2D eigenvalue weighted by atomic mass is 16.2. The first-order valence-corrected chi connectivity index (χ1v) is 8.40. The van der Waals surface area contributed by atoms with E-state index in [9.17, 15) is 4.79 Å². The first kappa shape index (κ1) is 16.9. The molecule has 3 aromatic rings. The highest BCUT2D eigenvalue weighted by molar-refractivity contribution is 6.03. The summed E-state index contributed by atoms with van der Waals surface area (Å²) in [7, 11) is 0. The van der Waals surface area contributed by atoms with Gasteiger partial charge in [0.25, 0.3) is 5.91 Å². The number of hydrogen-bond acceptors (Lipinski definition) is 4. The Morgan fingerprint density at radius 2 is 2.00 bits per heavy atom. The molecular formula is C18H22N6O. The highest BCUT2D eigenvalue weighted by Gasteiger charge is 2.19. The SMILES string of the molecule is CCc1c(C(=O)Nc2cnn(C(C)C)c2)nnn1Cc1ccccc1. The molecule has 7 heteroatoms. The van der Waals surface area contributed by atoms with Crippen LogP contribution < -0.4 is 5.32 Å². The number of carbonyl (C=O) groups is 1. The van der Waals surface area contributed by atoms with Crippen LogP contribution in [0.4, 0.5) is 5.69 Å². The van der Waals surface area contributed by atoms with E-state index < -0.39 is 0 Å². The van der Waals surface area contributed by atoms with Crippen LogP contribution in [0.1, 0.15) is 48.6 Å². The van der Waals surface area contributed by atoms with Gasteiger partial charge < -0.3 is 5.32 Å². The molecule has 2 aromatic heterocycles. The van der Waals surface area contributed by atoms with Crippen molar-refractivity contribution in [3.63, 3.8) is 0 Å². The standard InChI is InChI=1S/C18H22N6O/c1-4-16-17(18(25)20-15-10-19-23(12-15)13(2)3)21-22-24(16)11-14-8-6-5-7-9-14/h5-10,12-13H,4,11H2,1-3H3,(H,20,25). The first-order chi connectivity index (χ1) is 12.1. The second-order valence-corrected chi connectivity index (χ2v) is 6.14. The van der Waals surface area contributed by atoms with Crippen LogP contribution in [0.25, 0.3) is 0 Å². The molecule has 130 valence electrons. The second kappa shape index (κ2) is 7.29. The van der Waals surface area contributed by atoms with Crippen molar-refractivity contribution >= 4 is 11.6 Å². The van der Waals surface area contributed by atoms with E-state index in [0.29, 0.717) is 24.3 Å². The molecule has 0 unspecified atom stereocenters. The minimum absolute atomic E-state index is 0.239. The van der Waals surface area contributed by atoms with Gasteiger partial charge in [0.1, 0.15) is 0 Å². The van der Waals surface area contributed by atoms with Crippen molar-refractivity contribution in [1.82, 2.24) is 24.8 Å². The van der Waals surface area contributed by atoms with E-state index in [1.165, 1.54) is 0 Å². The number of aromatic nitrogens is 5. The lowest BCUT2D eigenvalue weighted by Gasteiger charge is -2.06. The van der Waals surface area contributed by atoms with Crippen molar-refractivity contribution < 1.29 is 4.79 Å². The van der Waals surface area contributed by atoms with Crippen molar-refractivity contribution in [2.24, 2.45) is 0 Å². The van der Waals surface area contributed by atoms with Crippen LogP contribution in [0.5, 0.6) is 0 Å². The molecule has 0 aliphatic rings. The molecule has 0 saturated heterocycles. The Bertz CT molecular complexity index is 850. The minimum Gasteiger partial charge on any atom is -0.318 e. The highest BCUT2D eigenvalue weighted by Crippen LogP contribution is 2.14. The molecule has 0 bridgehead atoms.